The Kier molecular flexibility index (Phi) is 2.66. The van der Waals surface area contributed by atoms with E-state index in [0.717, 1.165) is 0 Å². The highest BCUT2D eigenvalue weighted by molar-refractivity contribution is 5.88. The van der Waals surface area contributed by atoms with E-state index in [-0.39, 0.29) is 5.95 Å². The van der Waals surface area contributed by atoms with Crippen LogP contribution < -0.4 is 5.73 Å². The minimum atomic E-state index is -0.394. The van der Waals surface area contributed by atoms with E-state index in [2.05, 4.69) is 25.3 Å². The molecule has 4 heterocycles. The molecule has 0 aliphatic carbocycles. The second kappa shape index (κ2) is 4.87. The smallest absolute Gasteiger partial charge is 0.222 e. The first-order valence-corrected chi connectivity index (χ1v) is 7.40. The maximum Gasteiger partial charge on any atom is 0.222 e. The number of aromatic amines is 1. The number of nitrogen functional groups attached to an aromatic ring is 1. The zero-order chi connectivity index (χ0) is 17.0. The summed E-state index contributed by atoms with van der Waals surface area (Å²) in [5.41, 5.74) is 7.96. The van der Waals surface area contributed by atoms with Crippen LogP contribution in [0.3, 0.4) is 0 Å². The fraction of sp³-hybridized carbons (Fsp3) is 0. The van der Waals surface area contributed by atoms with Crippen LogP contribution in [-0.2, 0) is 0 Å². The fourth-order valence-corrected chi connectivity index (χ4v) is 2.82. The van der Waals surface area contributed by atoms with Crippen molar-refractivity contribution < 1.29 is 8.81 Å². The van der Waals surface area contributed by atoms with Crippen molar-refractivity contribution in [1.29, 1.82) is 0 Å². The molecule has 0 amide bonds. The normalized spacial score (nSPS) is 11.6. The summed E-state index contributed by atoms with van der Waals surface area (Å²) in [6.07, 6.45) is 3.20. The average Bonchev–Trinajstić information content (AvgIpc) is 3.34. The summed E-state index contributed by atoms with van der Waals surface area (Å²) < 4.78 is 21.1. The molecule has 5 aromatic rings. The summed E-state index contributed by atoms with van der Waals surface area (Å²) in [5, 5.41) is 8.95. The molecule has 5 rings (SSSR count). The molecule has 9 heteroatoms. The van der Waals surface area contributed by atoms with Gasteiger partial charge in [-0.15, -0.1) is 5.10 Å². The van der Waals surface area contributed by atoms with Gasteiger partial charge in [-0.1, -0.05) is 5.21 Å². The number of fused-ring (bicyclic) bond motifs is 2. The minimum Gasteiger partial charge on any atom is -0.463 e. The monoisotopic (exact) mass is 335 g/mol. The van der Waals surface area contributed by atoms with E-state index in [1.165, 1.54) is 17.0 Å². The highest BCUT2D eigenvalue weighted by Gasteiger charge is 2.18. The Hall–Kier alpha value is -3.75. The van der Waals surface area contributed by atoms with Gasteiger partial charge in [-0.25, -0.2) is 9.37 Å². The first-order valence-electron chi connectivity index (χ1n) is 7.40. The summed E-state index contributed by atoms with van der Waals surface area (Å²) in [7, 11) is 0. The molecule has 0 fully saturated rings. The van der Waals surface area contributed by atoms with E-state index in [1.807, 2.05) is 0 Å². The summed E-state index contributed by atoms with van der Waals surface area (Å²) in [5.74, 6) is 0.151. The Labute approximate surface area is 139 Å². The Morgan fingerprint density at radius 3 is 2.96 bits per heavy atom. The van der Waals surface area contributed by atoms with Crippen LogP contribution in [0.25, 0.3) is 39.2 Å². The number of halogens is 1. The third-order valence-electron chi connectivity index (χ3n) is 3.91. The molecule has 0 aliphatic rings. The van der Waals surface area contributed by atoms with Crippen molar-refractivity contribution in [2.45, 2.75) is 0 Å². The third kappa shape index (κ3) is 1.99. The number of aromatic nitrogens is 6. The molecule has 0 saturated heterocycles. The molecule has 25 heavy (non-hydrogen) atoms. The SMILES string of the molecule is Nc1nc(-c2ccco2)c2nnn(-c3cc(F)c4[nH]ccc4c3)c2n1. The second-order valence-corrected chi connectivity index (χ2v) is 5.45. The topological polar surface area (TPSA) is 111 Å². The number of hydrogen-bond acceptors (Lipinski definition) is 6. The van der Waals surface area contributed by atoms with Gasteiger partial charge in [0.05, 0.1) is 17.5 Å². The van der Waals surface area contributed by atoms with Crippen LogP contribution in [0.5, 0.6) is 0 Å². The zero-order valence-corrected chi connectivity index (χ0v) is 12.6. The number of nitrogens with two attached hydrogens (primary N) is 1. The van der Waals surface area contributed by atoms with Crippen LogP contribution >= 0.6 is 0 Å². The zero-order valence-electron chi connectivity index (χ0n) is 12.6. The Bertz CT molecular complexity index is 1220. The van der Waals surface area contributed by atoms with E-state index >= 15 is 0 Å². The van der Waals surface area contributed by atoms with E-state index in [0.29, 0.717) is 39.2 Å². The van der Waals surface area contributed by atoms with E-state index in [1.54, 1.807) is 30.5 Å². The fourth-order valence-electron chi connectivity index (χ4n) is 2.82. The quantitative estimate of drug-likeness (QED) is 0.513. The summed E-state index contributed by atoms with van der Waals surface area (Å²) >= 11 is 0. The molecule has 0 atom stereocenters. The lowest BCUT2D eigenvalue weighted by Crippen LogP contribution is -2.02. The lowest BCUT2D eigenvalue weighted by atomic mass is 10.2. The van der Waals surface area contributed by atoms with Gasteiger partial charge in [-0.05, 0) is 24.3 Å². The number of nitrogens with zero attached hydrogens (tertiary/aromatic N) is 5. The number of furan rings is 1. The molecule has 122 valence electrons. The minimum absolute atomic E-state index is 0.0469. The van der Waals surface area contributed by atoms with Gasteiger partial charge in [0.15, 0.2) is 16.9 Å². The number of nitrogens with one attached hydrogen (secondary N) is 1. The summed E-state index contributed by atoms with van der Waals surface area (Å²) in [4.78, 5) is 11.3. The predicted octanol–water partition coefficient (Wildman–Crippen LogP) is 2.67. The lowest BCUT2D eigenvalue weighted by molar-refractivity contribution is 0.580. The van der Waals surface area contributed by atoms with Crippen molar-refractivity contribution in [3.05, 3.63) is 48.6 Å². The molecule has 0 unspecified atom stereocenters. The second-order valence-electron chi connectivity index (χ2n) is 5.45. The van der Waals surface area contributed by atoms with Crippen LogP contribution in [0, 0.1) is 5.82 Å². The predicted molar refractivity (Wildman–Crippen MR) is 88.4 cm³/mol. The van der Waals surface area contributed by atoms with Gasteiger partial charge in [0.1, 0.15) is 11.5 Å². The van der Waals surface area contributed by atoms with Crippen LogP contribution in [-0.4, -0.2) is 29.9 Å². The average molecular weight is 335 g/mol. The van der Waals surface area contributed by atoms with Crippen molar-refractivity contribution in [3.63, 3.8) is 0 Å². The van der Waals surface area contributed by atoms with E-state index < -0.39 is 5.82 Å². The number of rotatable bonds is 2. The molecule has 3 N–H and O–H groups in total. The number of benzene rings is 1. The lowest BCUT2D eigenvalue weighted by Gasteiger charge is -2.04. The van der Waals surface area contributed by atoms with Crippen molar-refractivity contribution >= 4 is 28.0 Å². The first kappa shape index (κ1) is 13.7. The molecule has 0 spiro atoms. The van der Waals surface area contributed by atoms with E-state index in [9.17, 15) is 4.39 Å². The van der Waals surface area contributed by atoms with Gasteiger partial charge in [0.25, 0.3) is 0 Å². The van der Waals surface area contributed by atoms with Gasteiger partial charge in [0.2, 0.25) is 5.95 Å². The molecule has 0 aliphatic heterocycles. The van der Waals surface area contributed by atoms with Crippen molar-refractivity contribution in [1.82, 2.24) is 29.9 Å². The van der Waals surface area contributed by atoms with Crippen molar-refractivity contribution in [2.75, 3.05) is 5.73 Å². The van der Waals surface area contributed by atoms with E-state index in [4.69, 9.17) is 10.2 Å². The van der Waals surface area contributed by atoms with Gasteiger partial charge < -0.3 is 15.1 Å². The van der Waals surface area contributed by atoms with Gasteiger partial charge >= 0.3 is 0 Å². The van der Waals surface area contributed by atoms with Gasteiger partial charge in [0, 0.05) is 17.6 Å². The first-order chi connectivity index (χ1) is 12.2. The number of anilines is 1. The molecule has 1 aromatic carbocycles. The molecule has 8 nitrogen and oxygen atoms in total. The number of hydrogen-bond donors (Lipinski definition) is 2. The standard InChI is InChI=1S/C16H10FN7O/c17-10-7-9(6-8-3-4-19-12(8)10)24-15-14(22-23-24)13(20-16(18)21-15)11-2-1-5-25-11/h1-7,19H,(H2,18,20,21). The van der Waals surface area contributed by atoms with Crippen molar-refractivity contribution in [3.8, 4) is 17.1 Å². The molecule has 0 radical (unpaired) electrons. The molecular weight excluding hydrogens is 325 g/mol. The molecule has 0 saturated carbocycles. The van der Waals surface area contributed by atoms with Gasteiger partial charge in [-0.2, -0.15) is 9.67 Å². The van der Waals surface area contributed by atoms with Crippen LogP contribution in [0.15, 0.2) is 47.2 Å². The highest BCUT2D eigenvalue weighted by atomic mass is 19.1. The Balaban J connectivity index is 1.79. The van der Waals surface area contributed by atoms with Crippen LogP contribution in [0.1, 0.15) is 0 Å². The van der Waals surface area contributed by atoms with Crippen LogP contribution in [0.2, 0.25) is 0 Å². The largest absolute Gasteiger partial charge is 0.463 e. The Morgan fingerprint density at radius 1 is 1.20 bits per heavy atom. The maximum absolute atomic E-state index is 14.3. The maximum atomic E-state index is 14.3. The molecule has 0 bridgehead atoms. The van der Waals surface area contributed by atoms with Gasteiger partial charge in [-0.3, -0.25) is 0 Å². The van der Waals surface area contributed by atoms with Crippen LogP contribution in [0.4, 0.5) is 10.3 Å². The van der Waals surface area contributed by atoms with Crippen molar-refractivity contribution in [2.24, 2.45) is 0 Å². The summed E-state index contributed by atoms with van der Waals surface area (Å²) in [6, 6.07) is 8.40. The molecule has 4 aromatic heterocycles. The Morgan fingerprint density at radius 2 is 2.12 bits per heavy atom. The number of H-pyrrole nitrogens is 1. The summed E-state index contributed by atoms with van der Waals surface area (Å²) in [6.45, 7) is 0. The third-order valence-corrected chi connectivity index (χ3v) is 3.91. The molecular formula is C16H10FN7O. The highest BCUT2D eigenvalue weighted by Crippen LogP contribution is 2.28.